The highest BCUT2D eigenvalue weighted by Gasteiger charge is 2.40. The summed E-state index contributed by atoms with van der Waals surface area (Å²) in [5.41, 5.74) is 1.44. The van der Waals surface area contributed by atoms with Gasteiger partial charge in [-0.15, -0.1) is 0 Å². The molecule has 9 heteroatoms. The van der Waals surface area contributed by atoms with Crippen molar-refractivity contribution < 1.29 is 19.1 Å². The van der Waals surface area contributed by atoms with Crippen LogP contribution in [0.15, 0.2) is 18.2 Å². The Kier molecular flexibility index (Phi) is 6.22. The number of aromatic amines is 1. The average Bonchev–Trinajstić information content (AvgIpc) is 3.39. The third kappa shape index (κ3) is 4.56. The highest BCUT2D eigenvalue weighted by molar-refractivity contribution is 5.96. The van der Waals surface area contributed by atoms with E-state index in [4.69, 9.17) is 9.47 Å². The summed E-state index contributed by atoms with van der Waals surface area (Å²) < 4.78 is 10.6. The summed E-state index contributed by atoms with van der Waals surface area (Å²) in [5, 5.41) is 10.3. The van der Waals surface area contributed by atoms with Crippen molar-refractivity contribution in [3.63, 3.8) is 0 Å². The molecular formula is C22H29N5O4. The molecule has 9 nitrogen and oxygen atoms in total. The number of amides is 2. The lowest BCUT2D eigenvalue weighted by molar-refractivity contribution is -0.128. The van der Waals surface area contributed by atoms with Crippen LogP contribution >= 0.6 is 0 Å². The third-order valence-corrected chi connectivity index (χ3v) is 6.08. The number of aromatic nitrogens is 3. The van der Waals surface area contributed by atoms with Crippen LogP contribution in [-0.2, 0) is 9.53 Å². The molecule has 3 heterocycles. The number of ether oxygens (including phenoxy) is 2. The molecule has 2 atom stereocenters. The second-order valence-electron chi connectivity index (χ2n) is 8.26. The molecule has 0 radical (unpaired) electrons. The molecule has 2 saturated heterocycles. The molecule has 2 fully saturated rings. The highest BCUT2D eigenvalue weighted by Crippen LogP contribution is 2.33. The summed E-state index contributed by atoms with van der Waals surface area (Å²) in [5.74, 6) is 1.87. The number of carbonyl (C=O) groups excluding carboxylic acids is 2. The molecule has 0 saturated carbocycles. The van der Waals surface area contributed by atoms with Crippen molar-refractivity contribution in [3.8, 4) is 5.75 Å². The first kappa shape index (κ1) is 21.3. The summed E-state index contributed by atoms with van der Waals surface area (Å²) in [6.45, 7) is 5.36. The van der Waals surface area contributed by atoms with Gasteiger partial charge in [0, 0.05) is 37.3 Å². The zero-order valence-electron chi connectivity index (χ0n) is 18.2. The van der Waals surface area contributed by atoms with Gasteiger partial charge >= 0.3 is 0 Å². The highest BCUT2D eigenvalue weighted by atomic mass is 16.5. The first-order chi connectivity index (χ1) is 15.0. The first-order valence-corrected chi connectivity index (χ1v) is 10.7. The fourth-order valence-electron chi connectivity index (χ4n) is 4.36. The first-order valence-electron chi connectivity index (χ1n) is 10.7. The van der Waals surface area contributed by atoms with Crippen LogP contribution in [0.1, 0.15) is 52.9 Å². The Morgan fingerprint density at radius 2 is 2.03 bits per heavy atom. The summed E-state index contributed by atoms with van der Waals surface area (Å²) >= 11 is 0. The molecule has 4 rings (SSSR count). The van der Waals surface area contributed by atoms with E-state index >= 15 is 0 Å². The van der Waals surface area contributed by atoms with E-state index in [-0.39, 0.29) is 29.8 Å². The van der Waals surface area contributed by atoms with Gasteiger partial charge in [-0.2, -0.15) is 5.10 Å². The predicted molar refractivity (Wildman–Crippen MR) is 113 cm³/mol. The van der Waals surface area contributed by atoms with Crippen LogP contribution in [0.3, 0.4) is 0 Å². The molecule has 2 N–H and O–H groups in total. The van der Waals surface area contributed by atoms with Crippen LogP contribution in [0.2, 0.25) is 0 Å². The molecular weight excluding hydrogens is 398 g/mol. The predicted octanol–water partition coefficient (Wildman–Crippen LogP) is 1.93. The zero-order chi connectivity index (χ0) is 22.0. The van der Waals surface area contributed by atoms with Gasteiger partial charge in [0.15, 0.2) is 5.82 Å². The van der Waals surface area contributed by atoms with Crippen LogP contribution in [0.25, 0.3) is 0 Å². The molecule has 0 aliphatic carbocycles. The van der Waals surface area contributed by atoms with Crippen molar-refractivity contribution in [2.45, 2.75) is 45.2 Å². The van der Waals surface area contributed by atoms with Crippen molar-refractivity contribution in [1.29, 1.82) is 0 Å². The van der Waals surface area contributed by atoms with Gasteiger partial charge < -0.3 is 19.7 Å². The summed E-state index contributed by atoms with van der Waals surface area (Å²) in [7, 11) is 1.60. The molecule has 31 heavy (non-hydrogen) atoms. The maximum absolute atomic E-state index is 13.5. The second kappa shape index (κ2) is 9.05. The van der Waals surface area contributed by atoms with E-state index in [9.17, 15) is 9.59 Å². The van der Waals surface area contributed by atoms with Gasteiger partial charge in [0.2, 0.25) is 5.91 Å². The number of carbonyl (C=O) groups is 2. The van der Waals surface area contributed by atoms with Crippen LogP contribution in [0, 0.1) is 19.8 Å². The van der Waals surface area contributed by atoms with Crippen molar-refractivity contribution in [2.75, 3.05) is 26.9 Å². The van der Waals surface area contributed by atoms with E-state index in [1.807, 2.05) is 19.9 Å². The molecule has 2 aliphatic rings. The number of hydrogen-bond acceptors (Lipinski definition) is 6. The monoisotopic (exact) mass is 427 g/mol. The minimum atomic E-state index is -0.307. The van der Waals surface area contributed by atoms with Crippen LogP contribution in [0.5, 0.6) is 5.75 Å². The molecule has 1 aromatic carbocycles. The maximum Gasteiger partial charge on any atom is 0.254 e. The van der Waals surface area contributed by atoms with Crippen molar-refractivity contribution >= 4 is 11.8 Å². The lowest BCUT2D eigenvalue weighted by atomic mass is 9.99. The number of benzene rings is 1. The average molecular weight is 428 g/mol. The van der Waals surface area contributed by atoms with Crippen molar-refractivity contribution in [3.05, 3.63) is 41.0 Å². The van der Waals surface area contributed by atoms with Crippen molar-refractivity contribution in [2.24, 2.45) is 5.92 Å². The fraction of sp³-hybridized carbons (Fsp3) is 0.545. The minimum absolute atomic E-state index is 0.0353. The second-order valence-corrected chi connectivity index (χ2v) is 8.26. The standard InChI is InChI=1S/C22H29N5O4/c1-13-10-17(30-3)4-5-18(13)22(29)27-12-16(11-19(27)20-23-14(2)25-26-20)24-21(28)15-6-8-31-9-7-15/h4-5,10,15-16,19H,6-9,11-12H2,1-3H3,(H,24,28)(H,23,25,26)/t16-,19-/m0/s1. The van der Waals surface area contributed by atoms with E-state index in [0.717, 1.165) is 18.4 Å². The molecule has 1 aromatic heterocycles. The SMILES string of the molecule is COc1ccc(C(=O)N2C[C@@H](NC(=O)C3CCOCC3)C[C@H]2c2n[nH]c(C)n2)c(C)c1. The fourth-order valence-corrected chi connectivity index (χ4v) is 4.36. The van der Waals surface area contributed by atoms with Gasteiger partial charge in [0.25, 0.3) is 5.91 Å². The number of nitrogens with zero attached hydrogens (tertiary/aromatic N) is 3. The van der Waals surface area contributed by atoms with Crippen LogP contribution < -0.4 is 10.1 Å². The minimum Gasteiger partial charge on any atom is -0.497 e. The molecule has 2 aromatic rings. The Labute approximate surface area is 181 Å². The van der Waals surface area contributed by atoms with Gasteiger partial charge in [-0.25, -0.2) is 4.98 Å². The summed E-state index contributed by atoms with van der Waals surface area (Å²) in [6, 6.07) is 4.96. The number of nitrogens with one attached hydrogen (secondary N) is 2. The summed E-state index contributed by atoms with van der Waals surface area (Å²) in [6.07, 6.45) is 2.04. The lowest BCUT2D eigenvalue weighted by Crippen LogP contribution is -2.42. The number of methoxy groups -OCH3 is 1. The van der Waals surface area contributed by atoms with E-state index in [0.29, 0.717) is 49.1 Å². The van der Waals surface area contributed by atoms with Crippen LogP contribution in [0.4, 0.5) is 0 Å². The van der Waals surface area contributed by atoms with Gasteiger partial charge in [-0.05, 0) is 56.9 Å². The van der Waals surface area contributed by atoms with Gasteiger partial charge in [-0.3, -0.25) is 14.7 Å². The van der Waals surface area contributed by atoms with Gasteiger partial charge in [-0.1, -0.05) is 0 Å². The Bertz CT molecular complexity index is 953. The number of H-pyrrole nitrogens is 1. The summed E-state index contributed by atoms with van der Waals surface area (Å²) in [4.78, 5) is 32.5. The Hall–Kier alpha value is -2.94. The van der Waals surface area contributed by atoms with E-state index in [1.54, 1.807) is 24.1 Å². The van der Waals surface area contributed by atoms with Crippen LogP contribution in [-0.4, -0.2) is 64.8 Å². The number of likely N-dealkylation sites (tertiary alicyclic amines) is 1. The normalized spacial score (nSPS) is 21.8. The Balaban J connectivity index is 1.55. The number of hydrogen-bond donors (Lipinski definition) is 2. The van der Waals surface area contributed by atoms with Gasteiger partial charge in [0.1, 0.15) is 11.6 Å². The topological polar surface area (TPSA) is 109 Å². The van der Waals surface area contributed by atoms with E-state index in [1.165, 1.54) is 0 Å². The quantitative estimate of drug-likeness (QED) is 0.755. The molecule has 2 aliphatic heterocycles. The van der Waals surface area contributed by atoms with E-state index < -0.39 is 0 Å². The largest absolute Gasteiger partial charge is 0.497 e. The molecule has 0 spiro atoms. The smallest absolute Gasteiger partial charge is 0.254 e. The lowest BCUT2D eigenvalue weighted by Gasteiger charge is -2.24. The van der Waals surface area contributed by atoms with Crippen molar-refractivity contribution in [1.82, 2.24) is 25.4 Å². The van der Waals surface area contributed by atoms with E-state index in [2.05, 4.69) is 20.5 Å². The van der Waals surface area contributed by atoms with Gasteiger partial charge in [0.05, 0.1) is 13.2 Å². The molecule has 2 amide bonds. The number of rotatable bonds is 5. The molecule has 0 bridgehead atoms. The molecule has 166 valence electrons. The third-order valence-electron chi connectivity index (χ3n) is 6.08. The Morgan fingerprint density at radius 1 is 1.26 bits per heavy atom. The zero-order valence-corrected chi connectivity index (χ0v) is 18.2. The number of aryl methyl sites for hydroxylation is 2. The Morgan fingerprint density at radius 3 is 2.68 bits per heavy atom. The molecule has 0 unspecified atom stereocenters. The maximum atomic E-state index is 13.5.